The molecule has 0 spiro atoms. The van der Waals surface area contributed by atoms with Crippen LogP contribution in [0.2, 0.25) is 5.02 Å². The summed E-state index contributed by atoms with van der Waals surface area (Å²) in [6.07, 6.45) is 0. The van der Waals surface area contributed by atoms with Crippen molar-refractivity contribution >= 4 is 23.1 Å². The first-order valence-corrected chi connectivity index (χ1v) is 12.5. The van der Waals surface area contributed by atoms with Gasteiger partial charge in [-0.15, -0.1) is 0 Å². The van der Waals surface area contributed by atoms with Crippen molar-refractivity contribution in [1.29, 1.82) is 0 Å². The van der Waals surface area contributed by atoms with Gasteiger partial charge in [-0.25, -0.2) is 4.98 Å². The van der Waals surface area contributed by atoms with E-state index in [1.807, 2.05) is 12.1 Å². The van der Waals surface area contributed by atoms with Gasteiger partial charge >= 0.3 is 0 Å². The van der Waals surface area contributed by atoms with Gasteiger partial charge < -0.3 is 9.80 Å². The minimum atomic E-state index is -0.0632. The van der Waals surface area contributed by atoms with Gasteiger partial charge in [-0.3, -0.25) is 0 Å². The molecule has 1 fully saturated rings. The molecule has 6 heteroatoms. The van der Waals surface area contributed by atoms with E-state index in [4.69, 9.17) is 21.7 Å². The average Bonchev–Trinajstić information content (AvgIpc) is 3.15. The highest BCUT2D eigenvalue weighted by molar-refractivity contribution is 6.30. The molecule has 2 aromatic carbocycles. The number of hydrogen-bond acceptors (Lipinski definition) is 3. The number of fused-ring (bicyclic) bond motifs is 1. The number of nitrogens with one attached hydrogen (secondary N) is 1. The number of rotatable bonds is 4. The average molecular weight is 475 g/mol. The summed E-state index contributed by atoms with van der Waals surface area (Å²) in [5, 5.41) is 5.70. The van der Waals surface area contributed by atoms with Crippen LogP contribution in [0.5, 0.6) is 0 Å². The second-order valence-electron chi connectivity index (χ2n) is 10.4. The molecular weight excluding hydrogens is 442 g/mol. The van der Waals surface area contributed by atoms with E-state index in [1.165, 1.54) is 5.56 Å². The lowest BCUT2D eigenvalue weighted by Gasteiger charge is -2.34. The molecule has 4 aromatic rings. The van der Waals surface area contributed by atoms with Gasteiger partial charge in [0, 0.05) is 27.6 Å². The first-order chi connectivity index (χ1) is 16.3. The van der Waals surface area contributed by atoms with E-state index < -0.39 is 0 Å². The number of piperazine rings is 1. The number of hydrogen-bond donors (Lipinski definition) is 1. The molecule has 1 N–H and O–H groups in total. The highest BCUT2D eigenvalue weighted by Crippen LogP contribution is 2.33. The van der Waals surface area contributed by atoms with Crippen molar-refractivity contribution in [3.05, 3.63) is 82.6 Å². The van der Waals surface area contributed by atoms with Crippen molar-refractivity contribution in [2.75, 3.05) is 31.1 Å². The maximum Gasteiger partial charge on any atom is 0.165 e. The number of quaternary nitrogens is 1. The smallest absolute Gasteiger partial charge is 0.165 e. The lowest BCUT2D eigenvalue weighted by Crippen LogP contribution is -3.13. The van der Waals surface area contributed by atoms with Gasteiger partial charge in [-0.1, -0.05) is 74.8 Å². The SMILES string of the molecule is Cc1nn2c(N3CC[NH+](Cc4ccccc4)CC3)cc(C(C)(C)C)nc2c1-c1ccc(Cl)cc1. The van der Waals surface area contributed by atoms with Crippen LogP contribution in [-0.2, 0) is 12.0 Å². The normalized spacial score (nSPS) is 15.3. The van der Waals surface area contributed by atoms with Gasteiger partial charge in [0.05, 0.1) is 37.6 Å². The van der Waals surface area contributed by atoms with Crippen molar-refractivity contribution in [2.24, 2.45) is 0 Å². The zero-order valence-corrected chi connectivity index (χ0v) is 21.2. The van der Waals surface area contributed by atoms with Gasteiger partial charge in [0.1, 0.15) is 12.4 Å². The fourth-order valence-corrected chi connectivity index (χ4v) is 4.91. The van der Waals surface area contributed by atoms with Crippen LogP contribution in [-0.4, -0.2) is 40.8 Å². The minimum absolute atomic E-state index is 0.0632. The lowest BCUT2D eigenvalue weighted by molar-refractivity contribution is -0.914. The van der Waals surface area contributed by atoms with Crippen LogP contribution in [0.1, 0.15) is 37.7 Å². The second-order valence-corrected chi connectivity index (χ2v) is 10.8. The Labute approximate surface area is 207 Å². The third-order valence-corrected chi connectivity index (χ3v) is 6.99. The molecule has 1 aliphatic rings. The van der Waals surface area contributed by atoms with E-state index in [1.54, 1.807) is 4.90 Å². The van der Waals surface area contributed by atoms with Crippen molar-refractivity contribution in [1.82, 2.24) is 14.6 Å². The molecule has 1 aliphatic heterocycles. The molecule has 0 radical (unpaired) electrons. The Kier molecular flexibility index (Phi) is 6.09. The van der Waals surface area contributed by atoms with Gasteiger partial charge in [0.2, 0.25) is 0 Å². The molecule has 5 rings (SSSR count). The highest BCUT2D eigenvalue weighted by Gasteiger charge is 2.27. The number of benzene rings is 2. The molecule has 3 heterocycles. The van der Waals surface area contributed by atoms with E-state index in [2.05, 4.69) is 85.6 Å². The first kappa shape index (κ1) is 22.9. The van der Waals surface area contributed by atoms with Crippen LogP contribution >= 0.6 is 11.6 Å². The van der Waals surface area contributed by atoms with Crippen LogP contribution in [0.25, 0.3) is 16.8 Å². The number of aryl methyl sites for hydroxylation is 1. The molecular formula is C28H33ClN5+. The third-order valence-electron chi connectivity index (χ3n) is 6.74. The summed E-state index contributed by atoms with van der Waals surface area (Å²) in [5.74, 6) is 1.14. The van der Waals surface area contributed by atoms with E-state index in [0.717, 1.165) is 71.7 Å². The van der Waals surface area contributed by atoms with Crippen LogP contribution < -0.4 is 9.80 Å². The highest BCUT2D eigenvalue weighted by atomic mass is 35.5. The molecule has 0 unspecified atom stereocenters. The Bertz CT molecular complexity index is 1280. The summed E-state index contributed by atoms with van der Waals surface area (Å²) in [4.78, 5) is 9.24. The number of aromatic nitrogens is 3. The van der Waals surface area contributed by atoms with Gasteiger partial charge in [-0.05, 0) is 24.6 Å². The van der Waals surface area contributed by atoms with Crippen molar-refractivity contribution in [3.8, 4) is 11.1 Å². The molecule has 0 bridgehead atoms. The van der Waals surface area contributed by atoms with E-state index in [-0.39, 0.29) is 5.41 Å². The summed E-state index contributed by atoms with van der Waals surface area (Å²) >= 11 is 6.16. The standard InChI is InChI=1S/C28H32ClN5/c1-20-26(22-10-12-23(29)13-11-22)27-30-24(28(2,3)4)18-25(34(27)31-20)33-16-14-32(15-17-33)19-21-8-6-5-7-9-21/h5-13,18H,14-17,19H2,1-4H3/p+1. The van der Waals surface area contributed by atoms with Gasteiger partial charge in [0.25, 0.3) is 0 Å². The first-order valence-electron chi connectivity index (χ1n) is 12.1. The molecule has 0 amide bonds. The summed E-state index contributed by atoms with van der Waals surface area (Å²) in [5.41, 5.74) is 6.51. The largest absolute Gasteiger partial charge is 0.345 e. The minimum Gasteiger partial charge on any atom is -0.345 e. The van der Waals surface area contributed by atoms with Gasteiger partial charge in [-0.2, -0.15) is 9.61 Å². The topological polar surface area (TPSA) is 37.9 Å². The maximum absolute atomic E-state index is 6.16. The summed E-state index contributed by atoms with van der Waals surface area (Å²) < 4.78 is 2.05. The molecule has 1 saturated heterocycles. The van der Waals surface area contributed by atoms with Crippen LogP contribution in [0.4, 0.5) is 5.82 Å². The van der Waals surface area contributed by atoms with Crippen molar-refractivity contribution in [3.63, 3.8) is 0 Å². The lowest BCUT2D eigenvalue weighted by atomic mass is 9.91. The fourth-order valence-electron chi connectivity index (χ4n) is 4.79. The Hall–Kier alpha value is -2.89. The van der Waals surface area contributed by atoms with Crippen LogP contribution in [0.15, 0.2) is 60.7 Å². The zero-order valence-electron chi connectivity index (χ0n) is 20.5. The molecule has 176 valence electrons. The maximum atomic E-state index is 6.16. The molecule has 0 aliphatic carbocycles. The Morgan fingerprint density at radius 2 is 1.65 bits per heavy atom. The van der Waals surface area contributed by atoms with E-state index in [9.17, 15) is 0 Å². The Balaban J connectivity index is 1.51. The third kappa shape index (κ3) is 4.55. The molecule has 5 nitrogen and oxygen atoms in total. The summed E-state index contributed by atoms with van der Waals surface area (Å²) in [7, 11) is 0. The van der Waals surface area contributed by atoms with E-state index in [0.29, 0.717) is 0 Å². The van der Waals surface area contributed by atoms with Crippen molar-refractivity contribution < 1.29 is 4.90 Å². The van der Waals surface area contributed by atoms with Crippen LogP contribution in [0, 0.1) is 6.92 Å². The van der Waals surface area contributed by atoms with Crippen molar-refractivity contribution in [2.45, 2.75) is 39.7 Å². The van der Waals surface area contributed by atoms with Crippen LogP contribution in [0.3, 0.4) is 0 Å². The molecule has 0 saturated carbocycles. The quantitative estimate of drug-likeness (QED) is 0.471. The Morgan fingerprint density at radius 1 is 0.971 bits per heavy atom. The predicted molar refractivity (Wildman–Crippen MR) is 140 cm³/mol. The van der Waals surface area contributed by atoms with E-state index >= 15 is 0 Å². The summed E-state index contributed by atoms with van der Waals surface area (Å²) in [6.45, 7) is 14.0. The molecule has 34 heavy (non-hydrogen) atoms. The molecule has 2 aromatic heterocycles. The number of nitrogens with zero attached hydrogens (tertiary/aromatic N) is 4. The number of halogens is 1. The van der Waals surface area contributed by atoms with Gasteiger partial charge in [0.15, 0.2) is 5.65 Å². The second kappa shape index (κ2) is 9.05. The number of anilines is 1. The Morgan fingerprint density at radius 3 is 2.29 bits per heavy atom. The monoisotopic (exact) mass is 474 g/mol. The zero-order chi connectivity index (χ0) is 23.9. The fraction of sp³-hybridized carbons (Fsp3) is 0.357. The summed E-state index contributed by atoms with van der Waals surface area (Å²) in [6, 6.07) is 21.0. The predicted octanol–water partition coefficient (Wildman–Crippen LogP) is 4.56. The molecule has 0 atom stereocenters.